The third-order valence-corrected chi connectivity index (χ3v) is 6.44. The number of benzene rings is 5. The quantitative estimate of drug-likeness (QED) is 0.203. The lowest BCUT2D eigenvalue weighted by Crippen LogP contribution is -2.12. The maximum atomic E-state index is 13.1. The van der Waals surface area contributed by atoms with Gasteiger partial charge in [0.15, 0.2) is 0 Å². The number of hydrogen-bond acceptors (Lipinski definition) is 4. The average molecular weight is 507 g/mol. The Morgan fingerprint density at radius 1 is 0.538 bits per heavy atom. The summed E-state index contributed by atoms with van der Waals surface area (Å²) in [5.74, 6) is -0.179. The number of para-hydroxylation sites is 1. The number of hydrogen-bond donors (Lipinski definition) is 3. The van der Waals surface area contributed by atoms with Crippen LogP contribution in [0.2, 0.25) is 0 Å². The van der Waals surface area contributed by atoms with Crippen molar-refractivity contribution in [2.75, 3.05) is 16.0 Å². The van der Waals surface area contributed by atoms with Gasteiger partial charge in [-0.05, 0) is 77.9 Å². The van der Waals surface area contributed by atoms with Gasteiger partial charge in [-0.2, -0.15) is 0 Å². The molecular weight excluding hydrogens is 480 g/mol. The van der Waals surface area contributed by atoms with E-state index >= 15 is 0 Å². The first-order valence-electron chi connectivity index (χ1n) is 12.8. The van der Waals surface area contributed by atoms with Crippen LogP contribution in [0.25, 0.3) is 22.0 Å². The minimum atomic E-state index is -0.179. The Labute approximate surface area is 227 Å². The summed E-state index contributed by atoms with van der Waals surface area (Å²) in [5, 5.41) is 10.9. The van der Waals surface area contributed by atoms with Crippen molar-refractivity contribution in [2.45, 2.75) is 0 Å². The molecule has 0 spiro atoms. The molecule has 0 aliphatic rings. The maximum absolute atomic E-state index is 13.1. The molecule has 0 unspecified atom stereocenters. The lowest BCUT2D eigenvalue weighted by molar-refractivity contribution is 0.102. The minimum absolute atomic E-state index is 0.179. The van der Waals surface area contributed by atoms with Crippen LogP contribution in [0.15, 0.2) is 140 Å². The van der Waals surface area contributed by atoms with Crippen LogP contribution >= 0.6 is 0 Å². The Kier molecular flexibility index (Phi) is 6.70. The molecule has 0 radical (unpaired) electrons. The number of aromatic nitrogens is 1. The number of amides is 1. The molecule has 0 bridgehead atoms. The monoisotopic (exact) mass is 506 g/mol. The standard InChI is InChI=1S/C34H26N4O/c39-34(38-30-16-8-15-29(23-30)36-27-12-5-2-6-13-27)26-11-7-14-28(21-26)37-33-19-20-35-32-18-17-25(22-31(32)33)24-9-3-1-4-10-24/h1-23,36H,(H,35,37)(H,38,39). The lowest BCUT2D eigenvalue weighted by atomic mass is 10.0. The molecule has 188 valence electrons. The second-order valence-electron chi connectivity index (χ2n) is 9.19. The molecule has 6 rings (SSSR count). The fraction of sp³-hybridized carbons (Fsp3) is 0. The van der Waals surface area contributed by atoms with Crippen molar-refractivity contribution >= 4 is 45.2 Å². The molecule has 5 aromatic carbocycles. The molecule has 0 saturated carbocycles. The molecule has 0 fully saturated rings. The number of nitrogens with one attached hydrogen (secondary N) is 3. The van der Waals surface area contributed by atoms with E-state index in [-0.39, 0.29) is 5.91 Å². The zero-order chi connectivity index (χ0) is 26.4. The maximum Gasteiger partial charge on any atom is 0.255 e. The number of rotatable bonds is 7. The summed E-state index contributed by atoms with van der Waals surface area (Å²) in [4.78, 5) is 17.7. The number of carbonyl (C=O) groups is 1. The predicted molar refractivity (Wildman–Crippen MR) is 161 cm³/mol. The summed E-state index contributed by atoms with van der Waals surface area (Å²) in [6.45, 7) is 0. The van der Waals surface area contributed by atoms with E-state index in [9.17, 15) is 4.79 Å². The second-order valence-corrected chi connectivity index (χ2v) is 9.19. The second kappa shape index (κ2) is 10.9. The first-order valence-corrected chi connectivity index (χ1v) is 12.8. The number of carbonyl (C=O) groups excluding carboxylic acids is 1. The summed E-state index contributed by atoms with van der Waals surface area (Å²) in [5.41, 5.74) is 8.07. The summed E-state index contributed by atoms with van der Waals surface area (Å²) in [6.07, 6.45) is 1.79. The van der Waals surface area contributed by atoms with Crippen LogP contribution in [0.5, 0.6) is 0 Å². The molecule has 0 aliphatic carbocycles. The van der Waals surface area contributed by atoms with Gasteiger partial charge in [-0.25, -0.2) is 0 Å². The Morgan fingerprint density at radius 3 is 2.05 bits per heavy atom. The van der Waals surface area contributed by atoms with Gasteiger partial charge in [-0.15, -0.1) is 0 Å². The predicted octanol–water partition coefficient (Wildman–Crippen LogP) is 8.64. The van der Waals surface area contributed by atoms with Gasteiger partial charge in [0.25, 0.3) is 5.91 Å². The van der Waals surface area contributed by atoms with Crippen molar-refractivity contribution in [1.82, 2.24) is 4.98 Å². The van der Waals surface area contributed by atoms with Crippen molar-refractivity contribution in [2.24, 2.45) is 0 Å². The van der Waals surface area contributed by atoms with E-state index < -0.39 is 0 Å². The minimum Gasteiger partial charge on any atom is -0.355 e. The zero-order valence-corrected chi connectivity index (χ0v) is 21.1. The van der Waals surface area contributed by atoms with Crippen LogP contribution in [-0.4, -0.2) is 10.9 Å². The molecule has 1 amide bonds. The van der Waals surface area contributed by atoms with Gasteiger partial charge >= 0.3 is 0 Å². The Morgan fingerprint density at radius 2 is 1.23 bits per heavy atom. The van der Waals surface area contributed by atoms with E-state index in [2.05, 4.69) is 45.2 Å². The third kappa shape index (κ3) is 5.63. The van der Waals surface area contributed by atoms with Crippen LogP contribution in [0, 0.1) is 0 Å². The molecule has 0 saturated heterocycles. The number of fused-ring (bicyclic) bond motifs is 1. The zero-order valence-electron chi connectivity index (χ0n) is 21.1. The van der Waals surface area contributed by atoms with Crippen LogP contribution in [0.4, 0.5) is 28.4 Å². The van der Waals surface area contributed by atoms with Crippen molar-refractivity contribution in [3.63, 3.8) is 0 Å². The Balaban J connectivity index is 1.21. The first kappa shape index (κ1) is 23.9. The van der Waals surface area contributed by atoms with E-state index in [1.807, 2.05) is 109 Å². The summed E-state index contributed by atoms with van der Waals surface area (Å²) < 4.78 is 0. The molecule has 1 heterocycles. The van der Waals surface area contributed by atoms with E-state index in [4.69, 9.17) is 0 Å². The van der Waals surface area contributed by atoms with E-state index in [1.54, 1.807) is 6.20 Å². The van der Waals surface area contributed by atoms with E-state index in [0.29, 0.717) is 11.3 Å². The SMILES string of the molecule is O=C(Nc1cccc(Nc2ccccc2)c1)c1cccc(Nc2ccnc3ccc(-c4ccccc4)cc23)c1. The fourth-order valence-corrected chi connectivity index (χ4v) is 4.53. The van der Waals surface area contributed by atoms with Crippen molar-refractivity contribution < 1.29 is 4.79 Å². The highest BCUT2D eigenvalue weighted by atomic mass is 16.1. The normalized spacial score (nSPS) is 10.7. The fourth-order valence-electron chi connectivity index (χ4n) is 4.53. The highest BCUT2D eigenvalue weighted by Crippen LogP contribution is 2.30. The molecule has 3 N–H and O–H groups in total. The molecule has 0 atom stereocenters. The smallest absolute Gasteiger partial charge is 0.255 e. The van der Waals surface area contributed by atoms with Gasteiger partial charge in [-0.3, -0.25) is 9.78 Å². The average Bonchev–Trinajstić information content (AvgIpc) is 2.98. The number of nitrogens with zero attached hydrogens (tertiary/aromatic N) is 1. The summed E-state index contributed by atoms with van der Waals surface area (Å²) >= 11 is 0. The Bertz CT molecular complexity index is 1750. The summed E-state index contributed by atoms with van der Waals surface area (Å²) in [7, 11) is 0. The van der Waals surface area contributed by atoms with Gasteiger partial charge in [0.1, 0.15) is 0 Å². The third-order valence-electron chi connectivity index (χ3n) is 6.44. The number of anilines is 5. The van der Waals surface area contributed by atoms with Gasteiger partial charge in [-0.1, -0.05) is 66.7 Å². The molecule has 39 heavy (non-hydrogen) atoms. The van der Waals surface area contributed by atoms with Crippen LogP contribution in [0.1, 0.15) is 10.4 Å². The van der Waals surface area contributed by atoms with Gasteiger partial charge in [0.05, 0.1) is 5.52 Å². The molecule has 6 aromatic rings. The molecular formula is C34H26N4O. The molecule has 1 aromatic heterocycles. The van der Waals surface area contributed by atoms with Crippen molar-refractivity contribution in [3.05, 3.63) is 145 Å². The Hall–Kier alpha value is -5.42. The van der Waals surface area contributed by atoms with Crippen LogP contribution < -0.4 is 16.0 Å². The highest BCUT2D eigenvalue weighted by Gasteiger charge is 2.10. The van der Waals surface area contributed by atoms with Gasteiger partial charge in [0.2, 0.25) is 0 Å². The highest BCUT2D eigenvalue weighted by molar-refractivity contribution is 6.05. The molecule has 5 heteroatoms. The van der Waals surface area contributed by atoms with E-state index in [1.165, 1.54) is 0 Å². The van der Waals surface area contributed by atoms with Crippen LogP contribution in [0.3, 0.4) is 0 Å². The topological polar surface area (TPSA) is 66.1 Å². The van der Waals surface area contributed by atoms with Gasteiger partial charge in [0, 0.05) is 45.6 Å². The molecule has 5 nitrogen and oxygen atoms in total. The summed E-state index contributed by atoms with van der Waals surface area (Å²) in [6, 6.07) is 43.6. The van der Waals surface area contributed by atoms with Crippen molar-refractivity contribution in [1.29, 1.82) is 0 Å². The lowest BCUT2D eigenvalue weighted by Gasteiger charge is -2.13. The van der Waals surface area contributed by atoms with Crippen LogP contribution in [-0.2, 0) is 0 Å². The largest absolute Gasteiger partial charge is 0.355 e. The first-order chi connectivity index (χ1) is 19.2. The van der Waals surface area contributed by atoms with Crippen molar-refractivity contribution in [3.8, 4) is 11.1 Å². The number of pyridine rings is 1. The molecule has 0 aliphatic heterocycles. The van der Waals surface area contributed by atoms with E-state index in [0.717, 1.165) is 44.8 Å². The van der Waals surface area contributed by atoms with Gasteiger partial charge < -0.3 is 16.0 Å².